The number of phenolic OH excluding ortho intramolecular Hbond substituents is 1. The van der Waals surface area contributed by atoms with Crippen LogP contribution in [0.2, 0.25) is 0 Å². The second kappa shape index (κ2) is 17.2. The minimum absolute atomic E-state index is 0.0762. The van der Waals surface area contributed by atoms with E-state index in [-0.39, 0.29) is 30.0 Å². The lowest BCUT2D eigenvalue weighted by molar-refractivity contribution is -0.143. The molecule has 1 fully saturated rings. The number of hydrogen-bond donors (Lipinski definition) is 3. The van der Waals surface area contributed by atoms with E-state index >= 15 is 0 Å². The molecule has 45 heavy (non-hydrogen) atoms. The lowest BCUT2D eigenvalue weighted by Crippen LogP contribution is -2.55. The summed E-state index contributed by atoms with van der Waals surface area (Å²) in [5.41, 5.74) is 2.72. The minimum Gasteiger partial charge on any atom is -0.508 e. The standard InChI is InChI=1S/C37H55N3O5/c1-7-8-9-10-14-24-40(33(32-26(2)16-15-17-27(32)3)34(42)38-29-18-12-11-13-19-29)35(43)31(39-36(44)45-37(4,5)6)25-28-20-22-30(41)23-21-28/h15-17,20-23,29,31,33,41H,7-14,18-19,24-25H2,1-6H3,(H,38,42)(H,39,44). The molecule has 2 unspecified atom stereocenters. The second-order valence-electron chi connectivity index (χ2n) is 13.6. The molecule has 0 bridgehead atoms. The summed E-state index contributed by atoms with van der Waals surface area (Å²) in [6.45, 7) is 11.8. The Labute approximate surface area is 270 Å². The molecule has 2 aromatic rings. The van der Waals surface area contributed by atoms with Crippen molar-refractivity contribution in [1.82, 2.24) is 15.5 Å². The van der Waals surface area contributed by atoms with Crippen LogP contribution in [0.1, 0.15) is 120 Å². The highest BCUT2D eigenvalue weighted by Crippen LogP contribution is 2.30. The number of rotatable bonds is 14. The van der Waals surface area contributed by atoms with Crippen LogP contribution < -0.4 is 10.6 Å². The number of nitrogens with zero attached hydrogens (tertiary/aromatic N) is 1. The molecule has 8 heteroatoms. The van der Waals surface area contributed by atoms with E-state index in [1.54, 1.807) is 49.9 Å². The summed E-state index contributed by atoms with van der Waals surface area (Å²) >= 11 is 0. The van der Waals surface area contributed by atoms with E-state index in [0.717, 1.165) is 80.0 Å². The van der Waals surface area contributed by atoms with Gasteiger partial charge in [0.05, 0.1) is 0 Å². The third kappa shape index (κ3) is 11.4. The number of aryl methyl sites for hydroxylation is 2. The van der Waals surface area contributed by atoms with E-state index in [0.29, 0.717) is 6.54 Å². The van der Waals surface area contributed by atoms with Gasteiger partial charge in [-0.2, -0.15) is 0 Å². The zero-order chi connectivity index (χ0) is 33.0. The first-order valence-corrected chi connectivity index (χ1v) is 16.8. The summed E-state index contributed by atoms with van der Waals surface area (Å²) in [4.78, 5) is 44.0. The van der Waals surface area contributed by atoms with Crippen molar-refractivity contribution in [2.24, 2.45) is 0 Å². The molecule has 248 valence electrons. The predicted molar refractivity (Wildman–Crippen MR) is 179 cm³/mol. The molecule has 1 saturated carbocycles. The Morgan fingerprint density at radius 3 is 2.16 bits per heavy atom. The van der Waals surface area contributed by atoms with Gasteiger partial charge < -0.3 is 25.4 Å². The maximum absolute atomic E-state index is 14.8. The summed E-state index contributed by atoms with van der Waals surface area (Å²) in [7, 11) is 0. The van der Waals surface area contributed by atoms with Gasteiger partial charge in [-0.3, -0.25) is 9.59 Å². The number of unbranched alkanes of at least 4 members (excludes halogenated alkanes) is 4. The van der Waals surface area contributed by atoms with Gasteiger partial charge in [0.1, 0.15) is 23.4 Å². The van der Waals surface area contributed by atoms with Gasteiger partial charge in [0.15, 0.2) is 0 Å². The van der Waals surface area contributed by atoms with Crippen molar-refractivity contribution >= 4 is 17.9 Å². The molecule has 3 amide bonds. The van der Waals surface area contributed by atoms with Gasteiger partial charge >= 0.3 is 6.09 Å². The summed E-state index contributed by atoms with van der Waals surface area (Å²) < 4.78 is 5.57. The summed E-state index contributed by atoms with van der Waals surface area (Å²) in [6.07, 6.45) is 9.60. The SMILES string of the molecule is CCCCCCCN(C(=O)C(Cc1ccc(O)cc1)NC(=O)OC(C)(C)C)C(C(=O)NC1CCCCC1)c1c(C)cccc1C. The normalized spacial score (nSPS) is 15.2. The van der Waals surface area contributed by atoms with Crippen LogP contribution in [0.3, 0.4) is 0 Å². The van der Waals surface area contributed by atoms with Gasteiger partial charge in [-0.1, -0.05) is 82.2 Å². The van der Waals surface area contributed by atoms with Gasteiger partial charge in [0.25, 0.3) is 0 Å². The van der Waals surface area contributed by atoms with Crippen molar-refractivity contribution in [3.05, 3.63) is 64.7 Å². The number of hydrogen-bond acceptors (Lipinski definition) is 5. The van der Waals surface area contributed by atoms with Crippen molar-refractivity contribution in [2.45, 2.75) is 136 Å². The topological polar surface area (TPSA) is 108 Å². The van der Waals surface area contributed by atoms with E-state index < -0.39 is 23.8 Å². The van der Waals surface area contributed by atoms with Crippen LogP contribution in [0.15, 0.2) is 42.5 Å². The number of carbonyl (C=O) groups is 3. The molecule has 3 N–H and O–H groups in total. The first kappa shape index (κ1) is 35.9. The highest BCUT2D eigenvalue weighted by atomic mass is 16.6. The maximum atomic E-state index is 14.8. The number of phenols is 1. The van der Waals surface area contributed by atoms with Crippen molar-refractivity contribution in [2.75, 3.05) is 6.54 Å². The zero-order valence-corrected chi connectivity index (χ0v) is 28.3. The van der Waals surface area contributed by atoms with Gasteiger partial charge in [0.2, 0.25) is 11.8 Å². The van der Waals surface area contributed by atoms with Crippen LogP contribution in [0, 0.1) is 13.8 Å². The third-order valence-corrected chi connectivity index (χ3v) is 8.48. The van der Waals surface area contributed by atoms with Crippen LogP contribution in [0.4, 0.5) is 4.79 Å². The Morgan fingerprint density at radius 1 is 0.933 bits per heavy atom. The Hall–Kier alpha value is -3.55. The van der Waals surface area contributed by atoms with Crippen LogP contribution >= 0.6 is 0 Å². The van der Waals surface area contributed by atoms with Gasteiger partial charge in [0, 0.05) is 19.0 Å². The van der Waals surface area contributed by atoms with Crippen molar-refractivity contribution in [3.63, 3.8) is 0 Å². The fourth-order valence-electron chi connectivity index (χ4n) is 6.18. The van der Waals surface area contributed by atoms with E-state index in [2.05, 4.69) is 17.6 Å². The number of amides is 3. The average Bonchev–Trinajstić information content (AvgIpc) is 2.97. The van der Waals surface area contributed by atoms with E-state index in [9.17, 15) is 19.5 Å². The van der Waals surface area contributed by atoms with Crippen LogP contribution in [0.5, 0.6) is 5.75 Å². The van der Waals surface area contributed by atoms with Crippen LogP contribution in [0.25, 0.3) is 0 Å². The van der Waals surface area contributed by atoms with Gasteiger partial charge in [-0.05, 0) is 88.3 Å². The van der Waals surface area contributed by atoms with E-state index in [1.165, 1.54) is 6.42 Å². The highest BCUT2D eigenvalue weighted by Gasteiger charge is 2.38. The Balaban J connectivity index is 2.06. The summed E-state index contributed by atoms with van der Waals surface area (Å²) in [6, 6.07) is 10.8. The molecule has 0 aliphatic heterocycles. The Bertz CT molecular complexity index is 1230. The molecule has 0 aromatic heterocycles. The van der Waals surface area contributed by atoms with E-state index in [1.807, 2.05) is 32.0 Å². The molecule has 0 radical (unpaired) electrons. The monoisotopic (exact) mass is 621 g/mol. The number of ether oxygens (including phenoxy) is 1. The quantitative estimate of drug-likeness (QED) is 0.190. The predicted octanol–water partition coefficient (Wildman–Crippen LogP) is 7.43. The molecule has 0 heterocycles. The molecular weight excluding hydrogens is 566 g/mol. The zero-order valence-electron chi connectivity index (χ0n) is 28.3. The first-order chi connectivity index (χ1) is 21.4. The lowest BCUT2D eigenvalue weighted by atomic mass is 9.91. The molecule has 3 rings (SSSR count). The number of benzene rings is 2. The number of nitrogens with one attached hydrogen (secondary N) is 2. The van der Waals surface area contributed by atoms with Crippen molar-refractivity contribution in [3.8, 4) is 5.75 Å². The highest BCUT2D eigenvalue weighted by molar-refractivity contribution is 5.93. The molecule has 0 spiro atoms. The smallest absolute Gasteiger partial charge is 0.408 e. The molecule has 2 atom stereocenters. The van der Waals surface area contributed by atoms with Gasteiger partial charge in [-0.25, -0.2) is 4.79 Å². The van der Waals surface area contributed by atoms with Crippen LogP contribution in [-0.2, 0) is 20.7 Å². The second-order valence-corrected chi connectivity index (χ2v) is 13.6. The van der Waals surface area contributed by atoms with Crippen molar-refractivity contribution < 1.29 is 24.2 Å². The van der Waals surface area contributed by atoms with E-state index in [4.69, 9.17) is 4.74 Å². The number of alkyl carbamates (subject to hydrolysis) is 1. The van der Waals surface area contributed by atoms with Crippen molar-refractivity contribution in [1.29, 1.82) is 0 Å². The lowest BCUT2D eigenvalue weighted by Gasteiger charge is -2.37. The summed E-state index contributed by atoms with van der Waals surface area (Å²) in [5, 5.41) is 16.0. The van der Waals surface area contributed by atoms with Gasteiger partial charge in [-0.15, -0.1) is 0 Å². The van der Waals surface area contributed by atoms with Crippen LogP contribution in [-0.4, -0.2) is 52.1 Å². The fourth-order valence-corrected chi connectivity index (χ4v) is 6.18. The average molecular weight is 622 g/mol. The largest absolute Gasteiger partial charge is 0.508 e. The molecule has 1 aliphatic rings. The molecular formula is C37H55N3O5. The Kier molecular flexibility index (Phi) is 13.8. The molecule has 8 nitrogen and oxygen atoms in total. The molecule has 1 aliphatic carbocycles. The minimum atomic E-state index is -0.991. The molecule has 0 saturated heterocycles. The molecule has 2 aromatic carbocycles. The third-order valence-electron chi connectivity index (χ3n) is 8.48. The maximum Gasteiger partial charge on any atom is 0.408 e. The Morgan fingerprint density at radius 2 is 1.56 bits per heavy atom. The first-order valence-electron chi connectivity index (χ1n) is 16.8. The fraction of sp³-hybridized carbons (Fsp3) is 0.595. The summed E-state index contributed by atoms with van der Waals surface area (Å²) in [5.74, 6) is -0.400. The number of carbonyl (C=O) groups excluding carboxylic acids is 3. The number of aromatic hydroxyl groups is 1.